The second-order valence-corrected chi connectivity index (χ2v) is 5.30. The molecule has 102 valence electrons. The quantitative estimate of drug-likeness (QED) is 0.661. The van der Waals surface area contributed by atoms with Crippen molar-refractivity contribution in [2.45, 2.75) is 58.6 Å². The standard InChI is InChI=1S/C14H30N2O/c1-4-15-14-7-10-16(11-8-14)9-5-6-12-17-13(2)3/h13-15H,4-12H2,1-3H3. The van der Waals surface area contributed by atoms with E-state index in [-0.39, 0.29) is 0 Å². The van der Waals surface area contributed by atoms with Crippen LogP contribution < -0.4 is 5.32 Å². The minimum atomic E-state index is 0.380. The molecule has 0 aromatic carbocycles. The molecule has 0 saturated carbocycles. The number of hydrogen-bond donors (Lipinski definition) is 1. The van der Waals surface area contributed by atoms with Crippen molar-refractivity contribution in [3.8, 4) is 0 Å². The Kier molecular flexibility index (Phi) is 7.82. The van der Waals surface area contributed by atoms with Crippen molar-refractivity contribution >= 4 is 0 Å². The number of unbranched alkanes of at least 4 members (excludes halogenated alkanes) is 1. The zero-order chi connectivity index (χ0) is 12.5. The number of rotatable bonds is 8. The smallest absolute Gasteiger partial charge is 0.0518 e. The number of piperidine rings is 1. The summed E-state index contributed by atoms with van der Waals surface area (Å²) in [5, 5.41) is 3.55. The number of hydrogen-bond acceptors (Lipinski definition) is 3. The molecule has 0 unspecified atom stereocenters. The lowest BCUT2D eigenvalue weighted by Crippen LogP contribution is -2.42. The molecule has 0 bridgehead atoms. The summed E-state index contributed by atoms with van der Waals surface area (Å²) < 4.78 is 5.55. The van der Waals surface area contributed by atoms with Crippen LogP contribution in [0.4, 0.5) is 0 Å². The molecular weight excluding hydrogens is 212 g/mol. The first kappa shape index (κ1) is 14.9. The van der Waals surface area contributed by atoms with Gasteiger partial charge in [-0.25, -0.2) is 0 Å². The molecule has 1 N–H and O–H groups in total. The Morgan fingerprint density at radius 3 is 2.53 bits per heavy atom. The Morgan fingerprint density at radius 2 is 1.94 bits per heavy atom. The topological polar surface area (TPSA) is 24.5 Å². The third-order valence-corrected chi connectivity index (χ3v) is 3.40. The second kappa shape index (κ2) is 8.90. The highest BCUT2D eigenvalue weighted by Crippen LogP contribution is 2.10. The van der Waals surface area contributed by atoms with Crippen LogP contribution in [0, 0.1) is 0 Å². The molecule has 1 heterocycles. The van der Waals surface area contributed by atoms with Gasteiger partial charge in [-0.15, -0.1) is 0 Å². The van der Waals surface area contributed by atoms with E-state index in [1.165, 1.54) is 45.3 Å². The first-order valence-corrected chi connectivity index (χ1v) is 7.29. The Balaban J connectivity index is 1.95. The highest BCUT2D eigenvalue weighted by Gasteiger charge is 2.17. The Labute approximate surface area is 107 Å². The van der Waals surface area contributed by atoms with Crippen molar-refractivity contribution < 1.29 is 4.74 Å². The number of nitrogens with one attached hydrogen (secondary N) is 1. The molecule has 1 aliphatic heterocycles. The van der Waals surface area contributed by atoms with Crippen molar-refractivity contribution in [3.63, 3.8) is 0 Å². The maximum absolute atomic E-state index is 5.55. The predicted molar refractivity (Wildman–Crippen MR) is 73.5 cm³/mol. The van der Waals surface area contributed by atoms with Crippen LogP contribution >= 0.6 is 0 Å². The monoisotopic (exact) mass is 242 g/mol. The molecule has 1 fully saturated rings. The summed E-state index contributed by atoms with van der Waals surface area (Å²) in [6.07, 6.45) is 5.49. The van der Waals surface area contributed by atoms with Crippen molar-refractivity contribution in [2.24, 2.45) is 0 Å². The molecule has 0 atom stereocenters. The molecule has 0 aromatic heterocycles. The average Bonchev–Trinajstić information content (AvgIpc) is 2.31. The van der Waals surface area contributed by atoms with Gasteiger partial charge in [0.15, 0.2) is 0 Å². The van der Waals surface area contributed by atoms with E-state index in [0.29, 0.717) is 6.10 Å². The van der Waals surface area contributed by atoms with Gasteiger partial charge < -0.3 is 15.0 Å². The lowest BCUT2D eigenvalue weighted by atomic mass is 10.0. The summed E-state index contributed by atoms with van der Waals surface area (Å²) in [6.45, 7) is 12.2. The second-order valence-electron chi connectivity index (χ2n) is 5.30. The Morgan fingerprint density at radius 1 is 1.24 bits per heavy atom. The third kappa shape index (κ3) is 7.02. The zero-order valence-electron chi connectivity index (χ0n) is 11.9. The molecule has 1 rings (SSSR count). The van der Waals surface area contributed by atoms with Gasteiger partial charge in [0.1, 0.15) is 0 Å². The highest BCUT2D eigenvalue weighted by atomic mass is 16.5. The van der Waals surface area contributed by atoms with Crippen molar-refractivity contribution in [1.29, 1.82) is 0 Å². The molecule has 17 heavy (non-hydrogen) atoms. The van der Waals surface area contributed by atoms with Crippen LogP contribution in [-0.2, 0) is 4.74 Å². The lowest BCUT2D eigenvalue weighted by Gasteiger charge is -2.32. The molecule has 1 saturated heterocycles. The fourth-order valence-electron chi connectivity index (χ4n) is 2.41. The number of likely N-dealkylation sites (tertiary alicyclic amines) is 1. The molecular formula is C14H30N2O. The third-order valence-electron chi connectivity index (χ3n) is 3.40. The van der Waals surface area contributed by atoms with E-state index in [1.807, 2.05) is 0 Å². The van der Waals surface area contributed by atoms with E-state index in [1.54, 1.807) is 0 Å². The van der Waals surface area contributed by atoms with Gasteiger partial charge in [0.25, 0.3) is 0 Å². The van der Waals surface area contributed by atoms with Gasteiger partial charge in [-0.2, -0.15) is 0 Å². The van der Waals surface area contributed by atoms with Crippen LogP contribution in [0.15, 0.2) is 0 Å². The summed E-state index contributed by atoms with van der Waals surface area (Å²) in [5.74, 6) is 0. The van der Waals surface area contributed by atoms with Crippen molar-refractivity contribution in [3.05, 3.63) is 0 Å². The van der Waals surface area contributed by atoms with Gasteiger partial charge in [-0.3, -0.25) is 0 Å². The van der Waals surface area contributed by atoms with Crippen LogP contribution in [0.5, 0.6) is 0 Å². The molecule has 0 aromatic rings. The molecule has 1 aliphatic rings. The normalized spacial score (nSPS) is 19.1. The van der Waals surface area contributed by atoms with Crippen LogP contribution in [0.25, 0.3) is 0 Å². The van der Waals surface area contributed by atoms with Gasteiger partial charge in [0.05, 0.1) is 6.10 Å². The zero-order valence-corrected chi connectivity index (χ0v) is 11.9. The van der Waals surface area contributed by atoms with Gasteiger partial charge in [0.2, 0.25) is 0 Å². The molecule has 0 spiro atoms. The van der Waals surface area contributed by atoms with Gasteiger partial charge in [0, 0.05) is 12.6 Å². The van der Waals surface area contributed by atoms with Gasteiger partial charge >= 0.3 is 0 Å². The van der Waals surface area contributed by atoms with E-state index in [2.05, 4.69) is 31.0 Å². The highest BCUT2D eigenvalue weighted by molar-refractivity contribution is 4.76. The summed E-state index contributed by atoms with van der Waals surface area (Å²) in [4.78, 5) is 2.60. The Bertz CT molecular complexity index is 177. The number of ether oxygens (including phenoxy) is 1. The van der Waals surface area contributed by atoms with Crippen molar-refractivity contribution in [2.75, 3.05) is 32.8 Å². The first-order chi connectivity index (χ1) is 8.22. The van der Waals surface area contributed by atoms with E-state index >= 15 is 0 Å². The fourth-order valence-corrected chi connectivity index (χ4v) is 2.41. The van der Waals surface area contributed by atoms with E-state index in [0.717, 1.165) is 19.2 Å². The summed E-state index contributed by atoms with van der Waals surface area (Å²) in [5.41, 5.74) is 0. The first-order valence-electron chi connectivity index (χ1n) is 7.29. The van der Waals surface area contributed by atoms with Crippen LogP contribution in [0.1, 0.15) is 46.5 Å². The minimum absolute atomic E-state index is 0.380. The average molecular weight is 242 g/mol. The SMILES string of the molecule is CCNC1CCN(CCCCOC(C)C)CC1. The minimum Gasteiger partial charge on any atom is -0.379 e. The molecule has 0 amide bonds. The Hall–Kier alpha value is -0.120. The largest absolute Gasteiger partial charge is 0.379 e. The maximum Gasteiger partial charge on any atom is 0.0518 e. The van der Waals surface area contributed by atoms with Gasteiger partial charge in [-0.1, -0.05) is 6.92 Å². The number of nitrogens with zero attached hydrogens (tertiary/aromatic N) is 1. The summed E-state index contributed by atoms with van der Waals surface area (Å²) in [7, 11) is 0. The lowest BCUT2D eigenvalue weighted by molar-refractivity contribution is 0.0734. The van der Waals surface area contributed by atoms with Crippen LogP contribution in [0.2, 0.25) is 0 Å². The summed E-state index contributed by atoms with van der Waals surface area (Å²) in [6, 6.07) is 0.764. The van der Waals surface area contributed by atoms with Gasteiger partial charge in [-0.05, 0) is 65.7 Å². The van der Waals surface area contributed by atoms with Crippen molar-refractivity contribution in [1.82, 2.24) is 10.2 Å². The molecule has 3 heteroatoms. The maximum atomic E-state index is 5.55. The molecule has 0 aliphatic carbocycles. The fraction of sp³-hybridized carbons (Fsp3) is 1.00. The van der Waals surface area contributed by atoms with Crippen LogP contribution in [0.3, 0.4) is 0 Å². The summed E-state index contributed by atoms with van der Waals surface area (Å²) >= 11 is 0. The van der Waals surface area contributed by atoms with E-state index < -0.39 is 0 Å². The predicted octanol–water partition coefficient (Wildman–Crippen LogP) is 2.27. The van der Waals surface area contributed by atoms with E-state index in [4.69, 9.17) is 4.74 Å². The molecule has 0 radical (unpaired) electrons. The van der Waals surface area contributed by atoms with Crippen LogP contribution in [-0.4, -0.2) is 49.8 Å². The van der Waals surface area contributed by atoms with E-state index in [9.17, 15) is 0 Å². The molecule has 3 nitrogen and oxygen atoms in total.